The quantitative estimate of drug-likeness (QED) is 0.170. The minimum atomic E-state index is 1.23. The second-order valence-electron chi connectivity index (χ2n) is 13.6. The standard InChI is InChI=1S/C50H30/c1-2-12-40-31(9-1)19-24-38-30-48(43-15-5-6-16-45(43)49(38)40)36-11-7-10-32(28-36)33-20-21-35-29-37(23-22-34(35)27-33)39-25-26-47-42-14-4-3-13-41(42)46-18-8-17-44(39)50(46)47/h1-30H. The summed E-state index contributed by atoms with van der Waals surface area (Å²) in [5.41, 5.74) is 12.8. The highest BCUT2D eigenvalue weighted by Crippen LogP contribution is 2.49. The average molecular weight is 631 g/mol. The Bertz CT molecular complexity index is 3000. The highest BCUT2D eigenvalue weighted by atomic mass is 14.2. The van der Waals surface area contributed by atoms with Gasteiger partial charge in [-0.2, -0.15) is 0 Å². The maximum atomic E-state index is 2.38. The molecule has 0 N–H and O–H groups in total. The van der Waals surface area contributed by atoms with Gasteiger partial charge in [0.25, 0.3) is 0 Å². The summed E-state index contributed by atoms with van der Waals surface area (Å²) in [4.78, 5) is 0. The molecule has 50 heavy (non-hydrogen) atoms. The van der Waals surface area contributed by atoms with Gasteiger partial charge in [-0.1, -0.05) is 158 Å². The molecular weight excluding hydrogens is 601 g/mol. The Balaban J connectivity index is 0.999. The summed E-state index contributed by atoms with van der Waals surface area (Å²) in [6, 6.07) is 67.5. The molecule has 230 valence electrons. The van der Waals surface area contributed by atoms with Crippen LogP contribution in [0.1, 0.15) is 0 Å². The summed E-state index contributed by atoms with van der Waals surface area (Å²) in [6.07, 6.45) is 0. The van der Waals surface area contributed by atoms with E-state index in [0.29, 0.717) is 0 Å². The van der Waals surface area contributed by atoms with E-state index in [-0.39, 0.29) is 0 Å². The van der Waals surface area contributed by atoms with E-state index in [1.807, 2.05) is 0 Å². The Morgan fingerprint density at radius 3 is 1.60 bits per heavy atom. The summed E-state index contributed by atoms with van der Waals surface area (Å²) in [5.74, 6) is 0. The van der Waals surface area contributed by atoms with E-state index in [4.69, 9.17) is 0 Å². The molecule has 0 aromatic heterocycles. The second-order valence-corrected chi connectivity index (χ2v) is 13.6. The van der Waals surface area contributed by atoms with Crippen LogP contribution < -0.4 is 0 Å². The van der Waals surface area contributed by atoms with Crippen LogP contribution in [0, 0.1) is 0 Å². The molecule has 11 rings (SSSR count). The van der Waals surface area contributed by atoms with Gasteiger partial charge in [0.15, 0.2) is 0 Å². The minimum Gasteiger partial charge on any atom is -0.0616 e. The normalized spacial score (nSPS) is 12.0. The molecule has 0 unspecified atom stereocenters. The van der Waals surface area contributed by atoms with E-state index in [0.717, 1.165) is 0 Å². The van der Waals surface area contributed by atoms with Crippen LogP contribution in [0.4, 0.5) is 0 Å². The molecule has 0 heteroatoms. The van der Waals surface area contributed by atoms with E-state index >= 15 is 0 Å². The van der Waals surface area contributed by atoms with Crippen molar-refractivity contribution < 1.29 is 0 Å². The van der Waals surface area contributed by atoms with Crippen molar-refractivity contribution in [3.8, 4) is 55.6 Å². The Hall–Kier alpha value is -6.50. The van der Waals surface area contributed by atoms with Gasteiger partial charge in [0.1, 0.15) is 0 Å². The van der Waals surface area contributed by atoms with Crippen LogP contribution in [-0.2, 0) is 0 Å². The second kappa shape index (κ2) is 10.5. The third-order valence-electron chi connectivity index (χ3n) is 11.0. The average Bonchev–Trinajstić information content (AvgIpc) is 3.52. The number of benzene rings is 10. The van der Waals surface area contributed by atoms with E-state index in [9.17, 15) is 0 Å². The van der Waals surface area contributed by atoms with Crippen molar-refractivity contribution in [2.75, 3.05) is 0 Å². The van der Waals surface area contributed by atoms with Crippen molar-refractivity contribution >= 4 is 53.9 Å². The van der Waals surface area contributed by atoms with Gasteiger partial charge >= 0.3 is 0 Å². The molecule has 0 fully saturated rings. The summed E-state index contributed by atoms with van der Waals surface area (Å²) >= 11 is 0. The third kappa shape index (κ3) is 4.00. The first-order valence-corrected chi connectivity index (χ1v) is 17.4. The summed E-state index contributed by atoms with van der Waals surface area (Å²) in [5, 5.41) is 13.0. The fourth-order valence-corrected chi connectivity index (χ4v) is 8.64. The first kappa shape index (κ1) is 27.5. The predicted octanol–water partition coefficient (Wildman–Crippen LogP) is 14.1. The van der Waals surface area contributed by atoms with Crippen LogP contribution in [0.5, 0.6) is 0 Å². The van der Waals surface area contributed by atoms with E-state index in [1.165, 1.54) is 109 Å². The van der Waals surface area contributed by atoms with Crippen molar-refractivity contribution in [3.05, 3.63) is 182 Å². The highest BCUT2D eigenvalue weighted by Gasteiger charge is 2.22. The van der Waals surface area contributed by atoms with Gasteiger partial charge in [-0.15, -0.1) is 0 Å². The van der Waals surface area contributed by atoms with Crippen molar-refractivity contribution in [1.82, 2.24) is 0 Å². The van der Waals surface area contributed by atoms with Crippen LogP contribution >= 0.6 is 0 Å². The van der Waals surface area contributed by atoms with E-state index in [2.05, 4.69) is 182 Å². The summed E-state index contributed by atoms with van der Waals surface area (Å²) in [7, 11) is 0. The Labute approximate surface area is 290 Å². The number of rotatable bonds is 3. The van der Waals surface area contributed by atoms with Gasteiger partial charge in [-0.25, -0.2) is 0 Å². The fourth-order valence-electron chi connectivity index (χ4n) is 8.64. The molecule has 0 radical (unpaired) electrons. The zero-order valence-electron chi connectivity index (χ0n) is 27.3. The van der Waals surface area contributed by atoms with E-state index < -0.39 is 0 Å². The SMILES string of the molecule is c1cc(-c2ccc3cc(-c4ccc5c6c(cccc46)-c4ccccc4-5)ccc3c2)cc(-c2cc3ccc4ccccc4c3c3ccccc23)c1. The molecule has 0 amide bonds. The molecule has 0 aliphatic heterocycles. The number of hydrogen-bond acceptors (Lipinski definition) is 0. The Kier molecular flexibility index (Phi) is 5.76. The molecule has 1 aliphatic rings. The lowest BCUT2D eigenvalue weighted by Gasteiger charge is -2.14. The van der Waals surface area contributed by atoms with Crippen LogP contribution in [0.25, 0.3) is 109 Å². The van der Waals surface area contributed by atoms with Gasteiger partial charge in [0.05, 0.1) is 0 Å². The maximum absolute atomic E-state index is 2.38. The van der Waals surface area contributed by atoms with Crippen molar-refractivity contribution in [2.45, 2.75) is 0 Å². The first-order chi connectivity index (χ1) is 24.8. The lowest BCUT2D eigenvalue weighted by molar-refractivity contribution is 1.62. The minimum absolute atomic E-state index is 1.23. The molecule has 0 atom stereocenters. The van der Waals surface area contributed by atoms with Crippen LogP contribution in [0.3, 0.4) is 0 Å². The summed E-state index contributed by atoms with van der Waals surface area (Å²) < 4.78 is 0. The molecule has 0 spiro atoms. The van der Waals surface area contributed by atoms with Crippen molar-refractivity contribution in [3.63, 3.8) is 0 Å². The Morgan fingerprint density at radius 2 is 0.740 bits per heavy atom. The topological polar surface area (TPSA) is 0 Å². The van der Waals surface area contributed by atoms with Gasteiger partial charge in [0.2, 0.25) is 0 Å². The maximum Gasteiger partial charge on any atom is -0.00201 e. The molecule has 10 aromatic rings. The van der Waals surface area contributed by atoms with Gasteiger partial charge in [0, 0.05) is 0 Å². The van der Waals surface area contributed by atoms with Gasteiger partial charge in [-0.05, 0) is 134 Å². The number of fused-ring (bicyclic) bond motifs is 9. The lowest BCUT2D eigenvalue weighted by atomic mass is 9.89. The van der Waals surface area contributed by atoms with Gasteiger partial charge in [-0.3, -0.25) is 0 Å². The van der Waals surface area contributed by atoms with Crippen molar-refractivity contribution in [1.29, 1.82) is 0 Å². The molecule has 0 bridgehead atoms. The zero-order valence-corrected chi connectivity index (χ0v) is 27.3. The van der Waals surface area contributed by atoms with E-state index in [1.54, 1.807) is 0 Å². The molecule has 0 nitrogen and oxygen atoms in total. The molecule has 10 aromatic carbocycles. The van der Waals surface area contributed by atoms with Crippen LogP contribution in [0.15, 0.2) is 182 Å². The monoisotopic (exact) mass is 630 g/mol. The molecule has 0 saturated heterocycles. The summed E-state index contributed by atoms with van der Waals surface area (Å²) in [6.45, 7) is 0. The molecule has 0 heterocycles. The largest absolute Gasteiger partial charge is 0.0616 e. The molecule has 0 saturated carbocycles. The highest BCUT2D eigenvalue weighted by molar-refractivity contribution is 6.23. The Morgan fingerprint density at radius 1 is 0.200 bits per heavy atom. The molecule has 1 aliphatic carbocycles. The van der Waals surface area contributed by atoms with Crippen LogP contribution in [-0.4, -0.2) is 0 Å². The zero-order chi connectivity index (χ0) is 32.8. The smallest absolute Gasteiger partial charge is 0.00201 e. The first-order valence-electron chi connectivity index (χ1n) is 17.4. The molecular formula is C50H30. The lowest BCUT2D eigenvalue weighted by Crippen LogP contribution is -1.87. The van der Waals surface area contributed by atoms with Gasteiger partial charge < -0.3 is 0 Å². The fraction of sp³-hybridized carbons (Fsp3) is 0. The van der Waals surface area contributed by atoms with Crippen molar-refractivity contribution in [2.24, 2.45) is 0 Å². The third-order valence-corrected chi connectivity index (χ3v) is 11.0. The predicted molar refractivity (Wildman–Crippen MR) is 215 cm³/mol. The number of hydrogen-bond donors (Lipinski definition) is 0. The van der Waals surface area contributed by atoms with Crippen LogP contribution in [0.2, 0.25) is 0 Å².